The van der Waals surface area contributed by atoms with Crippen LogP contribution in [0.5, 0.6) is 0 Å². The van der Waals surface area contributed by atoms with Crippen molar-refractivity contribution in [3.8, 4) is 0 Å². The SMILES string of the molecule is CN(C)C(C)(C)C(O)Cc1cncc(Br)c1. The van der Waals surface area contributed by atoms with Crippen molar-refractivity contribution >= 4 is 15.9 Å². The molecule has 0 fully saturated rings. The Bertz CT molecular complexity index is 353. The molecule has 16 heavy (non-hydrogen) atoms. The highest BCUT2D eigenvalue weighted by Crippen LogP contribution is 2.20. The summed E-state index contributed by atoms with van der Waals surface area (Å²) in [7, 11) is 3.95. The average Bonchev–Trinajstić information content (AvgIpc) is 2.17. The molecule has 90 valence electrons. The number of pyridine rings is 1. The predicted molar refractivity (Wildman–Crippen MR) is 69.4 cm³/mol. The van der Waals surface area contributed by atoms with Crippen LogP contribution in [0, 0.1) is 0 Å². The van der Waals surface area contributed by atoms with E-state index in [1.54, 1.807) is 12.4 Å². The summed E-state index contributed by atoms with van der Waals surface area (Å²) in [5.41, 5.74) is 0.791. The molecule has 0 saturated heterocycles. The lowest BCUT2D eigenvalue weighted by Crippen LogP contribution is -2.49. The van der Waals surface area contributed by atoms with Crippen molar-refractivity contribution in [1.29, 1.82) is 0 Å². The van der Waals surface area contributed by atoms with E-state index in [0.29, 0.717) is 6.42 Å². The lowest BCUT2D eigenvalue weighted by molar-refractivity contribution is 0.0182. The van der Waals surface area contributed by atoms with Crippen LogP contribution >= 0.6 is 15.9 Å². The molecule has 4 heteroatoms. The average molecular weight is 287 g/mol. The van der Waals surface area contributed by atoms with Crippen molar-refractivity contribution in [2.75, 3.05) is 14.1 Å². The number of aliphatic hydroxyl groups is 1. The van der Waals surface area contributed by atoms with Crippen molar-refractivity contribution in [3.05, 3.63) is 28.5 Å². The summed E-state index contributed by atoms with van der Waals surface area (Å²) < 4.78 is 0.944. The molecule has 0 aliphatic rings. The standard InChI is InChI=1S/C12H19BrN2O/c1-12(2,15(3)4)11(16)6-9-5-10(13)8-14-7-9/h5,7-8,11,16H,6H2,1-4H3. The molecule has 0 aliphatic heterocycles. The number of likely N-dealkylation sites (N-methyl/N-ethyl adjacent to an activating group) is 1. The highest BCUT2D eigenvalue weighted by Gasteiger charge is 2.29. The van der Waals surface area contributed by atoms with Gasteiger partial charge in [-0.25, -0.2) is 0 Å². The van der Waals surface area contributed by atoms with Gasteiger partial charge < -0.3 is 10.0 Å². The molecule has 1 aromatic rings. The minimum atomic E-state index is -0.418. The molecule has 0 bridgehead atoms. The number of halogens is 1. The molecule has 1 rings (SSSR count). The van der Waals surface area contributed by atoms with Crippen molar-refractivity contribution in [3.63, 3.8) is 0 Å². The third kappa shape index (κ3) is 3.27. The highest BCUT2D eigenvalue weighted by atomic mass is 79.9. The third-order valence-corrected chi connectivity index (χ3v) is 3.59. The van der Waals surface area contributed by atoms with Gasteiger partial charge in [-0.05, 0) is 55.5 Å². The zero-order chi connectivity index (χ0) is 12.3. The topological polar surface area (TPSA) is 36.4 Å². The van der Waals surface area contributed by atoms with E-state index < -0.39 is 6.10 Å². The molecular formula is C12H19BrN2O. The Kier molecular flexibility index (Phi) is 4.47. The van der Waals surface area contributed by atoms with Crippen molar-refractivity contribution in [1.82, 2.24) is 9.88 Å². The van der Waals surface area contributed by atoms with E-state index in [9.17, 15) is 5.11 Å². The van der Waals surface area contributed by atoms with Gasteiger partial charge in [-0.1, -0.05) is 0 Å². The number of hydrogen-bond donors (Lipinski definition) is 1. The van der Waals surface area contributed by atoms with Crippen LogP contribution in [0.2, 0.25) is 0 Å². The van der Waals surface area contributed by atoms with E-state index in [1.807, 2.05) is 38.9 Å². The molecule has 1 atom stereocenters. The molecule has 1 aromatic heterocycles. The number of nitrogens with zero attached hydrogens (tertiary/aromatic N) is 2. The normalized spacial score (nSPS) is 14.2. The molecule has 1 N–H and O–H groups in total. The van der Waals surface area contributed by atoms with Crippen LogP contribution in [0.15, 0.2) is 22.9 Å². The first-order valence-electron chi connectivity index (χ1n) is 5.29. The quantitative estimate of drug-likeness (QED) is 0.921. The van der Waals surface area contributed by atoms with E-state index >= 15 is 0 Å². The lowest BCUT2D eigenvalue weighted by atomic mass is 9.91. The van der Waals surface area contributed by atoms with E-state index in [1.165, 1.54) is 0 Å². The minimum Gasteiger partial charge on any atom is -0.391 e. The number of hydrogen-bond acceptors (Lipinski definition) is 3. The van der Waals surface area contributed by atoms with Crippen molar-refractivity contribution < 1.29 is 5.11 Å². The van der Waals surface area contributed by atoms with Gasteiger partial charge in [0.05, 0.1) is 6.10 Å². The molecule has 1 heterocycles. The Morgan fingerprint density at radius 3 is 2.56 bits per heavy atom. The number of aromatic nitrogens is 1. The van der Waals surface area contributed by atoms with Gasteiger partial charge in [0.2, 0.25) is 0 Å². The first kappa shape index (κ1) is 13.6. The molecule has 0 saturated carbocycles. The Morgan fingerprint density at radius 2 is 2.06 bits per heavy atom. The maximum absolute atomic E-state index is 10.2. The summed E-state index contributed by atoms with van der Waals surface area (Å²) in [6.07, 6.45) is 3.73. The summed E-state index contributed by atoms with van der Waals surface area (Å²) in [5.74, 6) is 0. The Morgan fingerprint density at radius 1 is 1.44 bits per heavy atom. The van der Waals surface area contributed by atoms with Crippen LogP contribution in [0.3, 0.4) is 0 Å². The Balaban J connectivity index is 2.75. The zero-order valence-corrected chi connectivity index (χ0v) is 11.8. The van der Waals surface area contributed by atoms with E-state index in [-0.39, 0.29) is 5.54 Å². The molecule has 0 aromatic carbocycles. The minimum absolute atomic E-state index is 0.248. The fourth-order valence-corrected chi connectivity index (χ4v) is 1.75. The van der Waals surface area contributed by atoms with Gasteiger partial charge in [0.15, 0.2) is 0 Å². The molecule has 0 aliphatic carbocycles. The first-order chi connectivity index (χ1) is 7.34. The van der Waals surface area contributed by atoms with Gasteiger partial charge in [0.1, 0.15) is 0 Å². The second-order valence-corrected chi connectivity index (χ2v) is 5.70. The van der Waals surface area contributed by atoms with Crippen LogP contribution < -0.4 is 0 Å². The van der Waals surface area contributed by atoms with Gasteiger partial charge >= 0.3 is 0 Å². The van der Waals surface area contributed by atoms with Crippen molar-refractivity contribution in [2.24, 2.45) is 0 Å². The number of aliphatic hydroxyl groups excluding tert-OH is 1. The van der Waals surface area contributed by atoms with E-state index in [4.69, 9.17) is 0 Å². The molecule has 3 nitrogen and oxygen atoms in total. The van der Waals surface area contributed by atoms with Gasteiger partial charge in [0.25, 0.3) is 0 Å². The number of rotatable bonds is 4. The van der Waals surface area contributed by atoms with Crippen molar-refractivity contribution in [2.45, 2.75) is 31.9 Å². The maximum Gasteiger partial charge on any atom is 0.0759 e. The van der Waals surface area contributed by atoms with E-state index in [2.05, 4.69) is 20.9 Å². The second-order valence-electron chi connectivity index (χ2n) is 4.78. The zero-order valence-electron chi connectivity index (χ0n) is 10.2. The smallest absolute Gasteiger partial charge is 0.0759 e. The van der Waals surface area contributed by atoms with Gasteiger partial charge in [-0.2, -0.15) is 0 Å². The lowest BCUT2D eigenvalue weighted by Gasteiger charge is -2.37. The summed E-state index contributed by atoms with van der Waals surface area (Å²) in [5, 5.41) is 10.2. The molecular weight excluding hydrogens is 268 g/mol. The Labute approximate surface area is 106 Å². The van der Waals surface area contributed by atoms with E-state index in [0.717, 1.165) is 10.0 Å². The Hall–Kier alpha value is -0.450. The summed E-state index contributed by atoms with van der Waals surface area (Å²) in [6, 6.07) is 1.99. The summed E-state index contributed by atoms with van der Waals surface area (Å²) in [6.45, 7) is 4.06. The second kappa shape index (κ2) is 5.25. The summed E-state index contributed by atoms with van der Waals surface area (Å²) >= 11 is 3.38. The van der Waals surface area contributed by atoms with Gasteiger partial charge in [-0.3, -0.25) is 4.98 Å². The highest BCUT2D eigenvalue weighted by molar-refractivity contribution is 9.10. The third-order valence-electron chi connectivity index (χ3n) is 3.16. The van der Waals surface area contributed by atoms with Gasteiger partial charge in [-0.15, -0.1) is 0 Å². The molecule has 0 radical (unpaired) electrons. The van der Waals surface area contributed by atoms with Crippen LogP contribution in [-0.2, 0) is 6.42 Å². The largest absolute Gasteiger partial charge is 0.391 e. The summed E-state index contributed by atoms with van der Waals surface area (Å²) in [4.78, 5) is 6.12. The first-order valence-corrected chi connectivity index (χ1v) is 6.08. The predicted octanol–water partition coefficient (Wildman–Crippen LogP) is 2.09. The fourth-order valence-electron chi connectivity index (χ4n) is 1.34. The van der Waals surface area contributed by atoms with Crippen LogP contribution in [-0.4, -0.2) is 40.7 Å². The maximum atomic E-state index is 10.2. The molecule has 0 spiro atoms. The molecule has 0 amide bonds. The van der Waals surface area contributed by atoms with Crippen LogP contribution in [0.1, 0.15) is 19.4 Å². The monoisotopic (exact) mass is 286 g/mol. The van der Waals surface area contributed by atoms with Crippen LogP contribution in [0.4, 0.5) is 0 Å². The van der Waals surface area contributed by atoms with Crippen LogP contribution in [0.25, 0.3) is 0 Å². The fraction of sp³-hybridized carbons (Fsp3) is 0.583. The van der Waals surface area contributed by atoms with Gasteiger partial charge in [0, 0.05) is 28.8 Å². The molecule has 1 unspecified atom stereocenters.